The summed E-state index contributed by atoms with van der Waals surface area (Å²) < 4.78 is 32.2. The molecule has 0 amide bonds. The Balaban J connectivity index is 1.32. The van der Waals surface area contributed by atoms with Crippen LogP contribution in [0.4, 0.5) is 9.18 Å². The number of carbonyl (C=O) groups excluding carboxylic acids is 1. The van der Waals surface area contributed by atoms with Gasteiger partial charge in [-0.25, -0.2) is 14.2 Å². The minimum absolute atomic E-state index is 0.0552. The molecule has 0 radical (unpaired) electrons. The highest BCUT2D eigenvalue weighted by molar-refractivity contribution is 5.79. The molecular weight excluding hydrogens is 515 g/mol. The highest BCUT2D eigenvalue weighted by Crippen LogP contribution is 2.35. The summed E-state index contributed by atoms with van der Waals surface area (Å²) in [5.41, 5.74) is 2.86. The molecule has 9 nitrogen and oxygen atoms in total. The Hall–Kier alpha value is -3.53. The molecule has 5 rings (SSSR count). The smallest absolute Gasteiger partial charge is 0.430 e. The monoisotopic (exact) mass is 553 g/mol. The number of likely N-dealkylation sites (tertiary alicyclic amines) is 1. The summed E-state index contributed by atoms with van der Waals surface area (Å²) in [5, 5.41) is 5.10. The number of ether oxygens (including phenoxy) is 2. The second-order valence-electron chi connectivity index (χ2n) is 11.0. The van der Waals surface area contributed by atoms with Crippen molar-refractivity contribution >= 4 is 17.1 Å². The number of carbonyl (C=O) groups is 1. The van der Waals surface area contributed by atoms with Crippen LogP contribution >= 0.6 is 0 Å². The number of quaternary nitrogens is 1. The lowest BCUT2D eigenvalue weighted by molar-refractivity contribution is -0.948. The number of aryl methyl sites for hydroxylation is 2. The summed E-state index contributed by atoms with van der Waals surface area (Å²) >= 11 is 0. The van der Waals surface area contributed by atoms with Crippen molar-refractivity contribution in [1.29, 1.82) is 0 Å². The number of benzene rings is 1. The normalized spacial score (nSPS) is 21.0. The lowest BCUT2D eigenvalue weighted by Gasteiger charge is -2.42. The lowest BCUT2D eigenvalue weighted by atomic mass is 9.90. The largest absolute Gasteiger partial charge is 0.512 e. The Morgan fingerprint density at radius 1 is 1.23 bits per heavy atom. The van der Waals surface area contributed by atoms with Crippen LogP contribution in [0.2, 0.25) is 0 Å². The molecule has 0 unspecified atom stereocenters. The van der Waals surface area contributed by atoms with Gasteiger partial charge < -0.3 is 14.0 Å². The first-order chi connectivity index (χ1) is 19.4. The Morgan fingerprint density at radius 2 is 2.05 bits per heavy atom. The molecule has 2 aliphatic heterocycles. The molecule has 2 aliphatic rings. The number of aromatic nitrogens is 3. The van der Waals surface area contributed by atoms with Gasteiger partial charge in [0.15, 0.2) is 5.58 Å². The second-order valence-corrected chi connectivity index (χ2v) is 11.0. The maximum atomic E-state index is 13.7. The van der Waals surface area contributed by atoms with Gasteiger partial charge in [0.1, 0.15) is 18.2 Å². The van der Waals surface area contributed by atoms with Gasteiger partial charge in [-0.2, -0.15) is 0 Å². The summed E-state index contributed by atoms with van der Waals surface area (Å²) in [6.07, 6.45) is 8.91. The number of hydrogen-bond donors (Lipinski definition) is 0. The van der Waals surface area contributed by atoms with Gasteiger partial charge in [0.25, 0.3) is 5.56 Å². The van der Waals surface area contributed by atoms with Crippen molar-refractivity contribution in [3.63, 3.8) is 0 Å². The molecule has 1 aromatic carbocycles. The first-order valence-electron chi connectivity index (χ1n) is 14.3. The van der Waals surface area contributed by atoms with E-state index in [1.54, 1.807) is 12.1 Å². The Bertz CT molecular complexity index is 1440. The van der Waals surface area contributed by atoms with Crippen LogP contribution in [-0.2, 0) is 28.9 Å². The summed E-state index contributed by atoms with van der Waals surface area (Å²) in [7, 11) is 0. The van der Waals surface area contributed by atoms with E-state index in [-0.39, 0.29) is 30.6 Å². The van der Waals surface area contributed by atoms with E-state index >= 15 is 0 Å². The van der Waals surface area contributed by atoms with Crippen LogP contribution in [0.25, 0.3) is 11.0 Å². The highest BCUT2D eigenvalue weighted by atomic mass is 19.1. The van der Waals surface area contributed by atoms with Crippen molar-refractivity contribution in [3.8, 4) is 0 Å². The first kappa shape index (κ1) is 28.0. The summed E-state index contributed by atoms with van der Waals surface area (Å²) in [6, 6.07) is 4.51. The zero-order valence-electron chi connectivity index (χ0n) is 23.4. The molecule has 40 heavy (non-hydrogen) atoms. The number of fused-ring (bicyclic) bond motifs is 2. The van der Waals surface area contributed by atoms with Crippen molar-refractivity contribution < 1.29 is 27.7 Å². The molecular formula is C30H38FN4O5+. The van der Waals surface area contributed by atoms with E-state index in [2.05, 4.69) is 5.16 Å². The van der Waals surface area contributed by atoms with Gasteiger partial charge in [0.05, 0.1) is 25.3 Å². The van der Waals surface area contributed by atoms with Crippen LogP contribution in [0, 0.1) is 12.7 Å². The molecule has 0 N–H and O–H groups in total. The molecule has 0 spiro atoms. The molecule has 214 valence electrons. The number of piperidine rings is 1. The minimum Gasteiger partial charge on any atom is -0.430 e. The highest BCUT2D eigenvalue weighted by Gasteiger charge is 2.38. The van der Waals surface area contributed by atoms with E-state index in [1.807, 2.05) is 24.5 Å². The molecule has 0 saturated carbocycles. The third-order valence-electron chi connectivity index (χ3n) is 8.33. The molecule has 1 fully saturated rings. The molecule has 0 bridgehead atoms. The predicted molar refractivity (Wildman–Crippen MR) is 147 cm³/mol. The Labute approximate surface area is 233 Å². The quantitative estimate of drug-likeness (QED) is 0.205. The maximum absolute atomic E-state index is 13.7. The number of hydrogen-bond acceptors (Lipinski definition) is 7. The third kappa shape index (κ3) is 6.11. The molecule has 0 aliphatic carbocycles. The fourth-order valence-electron chi connectivity index (χ4n) is 5.98. The fraction of sp³-hybridized carbons (Fsp3) is 0.533. The van der Waals surface area contributed by atoms with Gasteiger partial charge >= 0.3 is 6.16 Å². The molecule has 4 heterocycles. The van der Waals surface area contributed by atoms with E-state index in [1.165, 1.54) is 12.1 Å². The van der Waals surface area contributed by atoms with Crippen molar-refractivity contribution in [1.82, 2.24) is 14.7 Å². The minimum atomic E-state index is -0.698. The molecule has 3 aromatic rings. The van der Waals surface area contributed by atoms with E-state index in [9.17, 15) is 14.0 Å². The molecule has 1 saturated heterocycles. The van der Waals surface area contributed by atoms with Gasteiger partial charge in [-0.3, -0.25) is 13.8 Å². The summed E-state index contributed by atoms with van der Waals surface area (Å²) in [4.78, 5) is 30.5. The van der Waals surface area contributed by atoms with Crippen molar-refractivity contribution in [2.24, 2.45) is 0 Å². The number of nitrogens with zero attached hydrogens (tertiary/aromatic N) is 4. The Kier molecular flexibility index (Phi) is 8.63. The predicted octanol–water partition coefficient (Wildman–Crippen LogP) is 5.18. The summed E-state index contributed by atoms with van der Waals surface area (Å²) in [5.74, 6) is 0.665. The van der Waals surface area contributed by atoms with Gasteiger partial charge in [-0.1, -0.05) is 24.2 Å². The first-order valence-corrected chi connectivity index (χ1v) is 14.3. The van der Waals surface area contributed by atoms with Crippen molar-refractivity contribution in [2.75, 3.05) is 33.0 Å². The van der Waals surface area contributed by atoms with Crippen LogP contribution < -0.4 is 5.56 Å². The third-order valence-corrected chi connectivity index (χ3v) is 8.33. The SMILES string of the molecule is CC/C=C/COC(=O)OC[N+]1(CCc2c(C)nc3n(c2=O)CCCC3)CCC(c2noc3cc(F)ccc23)CC1. The zero-order valence-corrected chi connectivity index (χ0v) is 23.4. The van der Waals surface area contributed by atoms with Crippen LogP contribution in [-0.4, -0.2) is 58.3 Å². The van der Waals surface area contributed by atoms with Crippen LogP contribution in [0.1, 0.15) is 67.7 Å². The van der Waals surface area contributed by atoms with Crippen LogP contribution in [0.15, 0.2) is 39.7 Å². The average molecular weight is 554 g/mol. The lowest BCUT2D eigenvalue weighted by Crippen LogP contribution is -2.55. The van der Waals surface area contributed by atoms with Gasteiger partial charge in [0, 0.05) is 60.9 Å². The number of halogens is 1. The second kappa shape index (κ2) is 12.3. The molecule has 10 heteroatoms. The van der Waals surface area contributed by atoms with Crippen molar-refractivity contribution in [2.45, 2.75) is 71.3 Å². The van der Waals surface area contributed by atoms with E-state index in [0.29, 0.717) is 29.6 Å². The maximum Gasteiger partial charge on any atom is 0.512 e. The molecule has 0 atom stereocenters. The van der Waals surface area contributed by atoms with E-state index in [4.69, 9.17) is 19.0 Å². The van der Waals surface area contributed by atoms with Gasteiger partial charge in [0.2, 0.25) is 6.73 Å². The van der Waals surface area contributed by atoms with Crippen LogP contribution in [0.3, 0.4) is 0 Å². The van der Waals surface area contributed by atoms with E-state index in [0.717, 1.165) is 79.8 Å². The van der Waals surface area contributed by atoms with Crippen molar-refractivity contribution in [3.05, 3.63) is 69.3 Å². The average Bonchev–Trinajstić information content (AvgIpc) is 3.37. The van der Waals surface area contributed by atoms with Crippen LogP contribution in [0.5, 0.6) is 0 Å². The number of rotatable bonds is 9. The Morgan fingerprint density at radius 3 is 2.85 bits per heavy atom. The van der Waals surface area contributed by atoms with Gasteiger partial charge in [-0.15, -0.1) is 0 Å². The topological polar surface area (TPSA) is 96.5 Å². The standard InChI is InChI=1S/C30H38FN4O5/c1-3-4-7-18-38-30(37)39-20-35(17-13-24-21(2)32-27-8-5-6-14-34(27)29(24)36)15-11-22(12-16-35)28-25-10-9-23(31)19-26(25)40-33-28/h4,7,9-10,19,22H,3,5-6,8,11-18,20H2,1-2H3/q+1/b7-4+. The van der Waals surface area contributed by atoms with Gasteiger partial charge in [-0.05, 0) is 38.3 Å². The fourth-order valence-corrected chi connectivity index (χ4v) is 5.98. The number of allylic oxidation sites excluding steroid dienone is 1. The van der Waals surface area contributed by atoms with E-state index < -0.39 is 6.16 Å². The summed E-state index contributed by atoms with van der Waals surface area (Å²) in [6.45, 7) is 7.06. The zero-order chi connectivity index (χ0) is 28.1. The molecule has 2 aromatic heterocycles.